The first-order valence-corrected chi connectivity index (χ1v) is 7.86. The molecule has 0 atom stereocenters. The minimum atomic E-state index is -0.308. The van der Waals surface area contributed by atoms with E-state index in [4.69, 9.17) is 4.74 Å². The number of nitrogens with one attached hydrogen (secondary N) is 1. The number of hydrogen-bond acceptors (Lipinski definition) is 6. The summed E-state index contributed by atoms with van der Waals surface area (Å²) in [5.74, 6) is 0.289. The fourth-order valence-corrected chi connectivity index (χ4v) is 2.66. The third kappa shape index (κ3) is 4.33. The third-order valence-electron chi connectivity index (χ3n) is 2.95. The zero-order valence-corrected chi connectivity index (χ0v) is 13.0. The van der Waals surface area contributed by atoms with E-state index in [1.165, 1.54) is 17.7 Å². The predicted molar refractivity (Wildman–Crippen MR) is 87.6 cm³/mol. The van der Waals surface area contributed by atoms with E-state index in [1.807, 2.05) is 47.9 Å². The van der Waals surface area contributed by atoms with E-state index in [-0.39, 0.29) is 19.0 Å². The van der Waals surface area contributed by atoms with Gasteiger partial charge in [0.2, 0.25) is 0 Å². The van der Waals surface area contributed by atoms with Crippen LogP contribution in [0, 0.1) is 0 Å². The molecule has 1 N–H and O–H groups in total. The van der Waals surface area contributed by atoms with Gasteiger partial charge in [-0.1, -0.05) is 36.4 Å². The van der Waals surface area contributed by atoms with E-state index in [9.17, 15) is 4.79 Å². The first kappa shape index (κ1) is 15.1. The first-order chi connectivity index (χ1) is 11.3. The van der Waals surface area contributed by atoms with Crippen LogP contribution in [0.15, 0.2) is 48.1 Å². The van der Waals surface area contributed by atoms with Crippen LogP contribution < -0.4 is 0 Å². The van der Waals surface area contributed by atoms with E-state index < -0.39 is 0 Å². The van der Waals surface area contributed by atoms with Crippen molar-refractivity contribution in [1.29, 1.82) is 0 Å². The van der Waals surface area contributed by atoms with Gasteiger partial charge in [0.05, 0.1) is 12.1 Å². The van der Waals surface area contributed by atoms with Gasteiger partial charge in [0.25, 0.3) is 0 Å². The standard InChI is InChI=1S/C16H14N4O2S/c21-14(22-8-4-7-12-5-2-1-3-6-12)9-13-10-23-16(19-13)15-17-11-18-20-15/h1-7,10-11H,8-9H2,(H,17,18,20)/b7-4-. The van der Waals surface area contributed by atoms with Crippen molar-refractivity contribution < 1.29 is 9.53 Å². The van der Waals surface area contributed by atoms with E-state index in [2.05, 4.69) is 20.2 Å². The number of carbonyl (C=O) groups excluding carboxylic acids is 1. The molecule has 0 spiro atoms. The minimum absolute atomic E-state index is 0.143. The largest absolute Gasteiger partial charge is 0.461 e. The number of aromatic amines is 1. The monoisotopic (exact) mass is 326 g/mol. The van der Waals surface area contributed by atoms with Crippen LogP contribution in [0.3, 0.4) is 0 Å². The summed E-state index contributed by atoms with van der Waals surface area (Å²) in [7, 11) is 0. The second-order valence-electron chi connectivity index (χ2n) is 4.65. The van der Waals surface area contributed by atoms with Crippen molar-refractivity contribution in [2.24, 2.45) is 0 Å². The van der Waals surface area contributed by atoms with Crippen molar-refractivity contribution in [3.63, 3.8) is 0 Å². The zero-order chi connectivity index (χ0) is 15.9. The fraction of sp³-hybridized carbons (Fsp3) is 0.125. The highest BCUT2D eigenvalue weighted by Gasteiger charge is 2.11. The summed E-state index contributed by atoms with van der Waals surface area (Å²) < 4.78 is 5.17. The van der Waals surface area contributed by atoms with Gasteiger partial charge in [-0.2, -0.15) is 5.10 Å². The molecular weight excluding hydrogens is 312 g/mol. The van der Waals surface area contributed by atoms with Gasteiger partial charge in [0.15, 0.2) is 10.8 Å². The Hall–Kier alpha value is -2.80. The summed E-state index contributed by atoms with van der Waals surface area (Å²) >= 11 is 1.41. The molecule has 2 aromatic heterocycles. The quantitative estimate of drug-likeness (QED) is 0.704. The van der Waals surface area contributed by atoms with Crippen LogP contribution in [-0.2, 0) is 16.0 Å². The molecule has 116 valence electrons. The summed E-state index contributed by atoms with van der Waals surface area (Å²) in [5, 5.41) is 9.04. The van der Waals surface area contributed by atoms with Crippen molar-refractivity contribution in [1.82, 2.24) is 20.2 Å². The van der Waals surface area contributed by atoms with Crippen molar-refractivity contribution in [3.8, 4) is 10.8 Å². The van der Waals surface area contributed by atoms with Crippen LogP contribution in [0.5, 0.6) is 0 Å². The van der Waals surface area contributed by atoms with Crippen LogP contribution in [0.25, 0.3) is 16.9 Å². The van der Waals surface area contributed by atoms with Gasteiger partial charge in [-0.05, 0) is 11.6 Å². The van der Waals surface area contributed by atoms with Crippen LogP contribution in [0.2, 0.25) is 0 Å². The Morgan fingerprint density at radius 2 is 2.17 bits per heavy atom. The second-order valence-corrected chi connectivity index (χ2v) is 5.51. The molecule has 3 rings (SSSR count). The van der Waals surface area contributed by atoms with Crippen LogP contribution in [0.1, 0.15) is 11.3 Å². The van der Waals surface area contributed by atoms with Gasteiger partial charge >= 0.3 is 5.97 Å². The molecular formula is C16H14N4O2S. The highest BCUT2D eigenvalue weighted by molar-refractivity contribution is 7.13. The van der Waals surface area contributed by atoms with E-state index in [0.717, 1.165) is 5.56 Å². The number of benzene rings is 1. The van der Waals surface area contributed by atoms with Gasteiger partial charge in [-0.25, -0.2) is 9.97 Å². The third-order valence-corrected chi connectivity index (χ3v) is 3.84. The lowest BCUT2D eigenvalue weighted by Crippen LogP contribution is -2.08. The summed E-state index contributed by atoms with van der Waals surface area (Å²) in [6.07, 6.45) is 5.29. The van der Waals surface area contributed by atoms with E-state index in [0.29, 0.717) is 16.5 Å². The van der Waals surface area contributed by atoms with Crippen molar-refractivity contribution in [3.05, 3.63) is 59.4 Å². The maximum atomic E-state index is 11.8. The van der Waals surface area contributed by atoms with Gasteiger partial charge in [-0.3, -0.25) is 9.89 Å². The van der Waals surface area contributed by atoms with Crippen LogP contribution in [0.4, 0.5) is 0 Å². The molecule has 0 aliphatic rings. The maximum Gasteiger partial charge on any atom is 0.312 e. The molecule has 2 heterocycles. The molecule has 0 saturated carbocycles. The van der Waals surface area contributed by atoms with Crippen LogP contribution >= 0.6 is 11.3 Å². The van der Waals surface area contributed by atoms with Gasteiger partial charge in [0, 0.05) is 5.38 Å². The Bertz CT molecular complexity index is 782. The minimum Gasteiger partial charge on any atom is -0.461 e. The number of carbonyl (C=O) groups is 1. The number of H-pyrrole nitrogens is 1. The Labute approximate surface area is 136 Å². The summed E-state index contributed by atoms with van der Waals surface area (Å²) in [6.45, 7) is 0.243. The summed E-state index contributed by atoms with van der Waals surface area (Å²) in [4.78, 5) is 20.2. The van der Waals surface area contributed by atoms with Crippen molar-refractivity contribution in [2.45, 2.75) is 6.42 Å². The first-order valence-electron chi connectivity index (χ1n) is 6.98. The number of rotatable bonds is 6. The van der Waals surface area contributed by atoms with E-state index >= 15 is 0 Å². The maximum absolute atomic E-state index is 11.8. The molecule has 0 amide bonds. The molecule has 0 unspecified atom stereocenters. The second kappa shape index (κ2) is 7.46. The van der Waals surface area contributed by atoms with E-state index in [1.54, 1.807) is 0 Å². The van der Waals surface area contributed by atoms with Crippen molar-refractivity contribution >= 4 is 23.4 Å². The molecule has 23 heavy (non-hydrogen) atoms. The van der Waals surface area contributed by atoms with Gasteiger partial charge in [0.1, 0.15) is 12.9 Å². The molecule has 0 aliphatic heterocycles. The average molecular weight is 326 g/mol. The average Bonchev–Trinajstić information content (AvgIpc) is 3.24. The number of thiazole rings is 1. The van der Waals surface area contributed by atoms with Crippen LogP contribution in [-0.4, -0.2) is 32.7 Å². The molecule has 6 nitrogen and oxygen atoms in total. The number of hydrogen-bond donors (Lipinski definition) is 1. The molecule has 7 heteroatoms. The topological polar surface area (TPSA) is 80.8 Å². The van der Waals surface area contributed by atoms with Gasteiger partial charge < -0.3 is 4.74 Å². The zero-order valence-electron chi connectivity index (χ0n) is 12.2. The molecule has 3 aromatic rings. The molecule has 0 radical (unpaired) electrons. The predicted octanol–water partition coefficient (Wildman–Crippen LogP) is 2.73. The summed E-state index contributed by atoms with van der Waals surface area (Å²) in [5.41, 5.74) is 1.73. The lowest BCUT2D eigenvalue weighted by atomic mass is 10.2. The molecule has 0 fully saturated rings. The lowest BCUT2D eigenvalue weighted by Gasteiger charge is -1.99. The number of nitrogens with zero attached hydrogens (tertiary/aromatic N) is 3. The normalized spacial score (nSPS) is 11.0. The lowest BCUT2D eigenvalue weighted by molar-refractivity contribution is -0.141. The molecule has 0 saturated heterocycles. The molecule has 0 aliphatic carbocycles. The smallest absolute Gasteiger partial charge is 0.312 e. The Morgan fingerprint density at radius 1 is 1.30 bits per heavy atom. The number of ether oxygens (including phenoxy) is 1. The van der Waals surface area contributed by atoms with Gasteiger partial charge in [-0.15, -0.1) is 11.3 Å². The molecule has 1 aromatic carbocycles. The number of esters is 1. The fourth-order valence-electron chi connectivity index (χ4n) is 1.89. The summed E-state index contributed by atoms with van der Waals surface area (Å²) in [6, 6.07) is 9.84. The highest BCUT2D eigenvalue weighted by atomic mass is 32.1. The SMILES string of the molecule is O=C(Cc1csc(-c2ncn[nH]2)n1)OC/C=C\c1ccccc1. The van der Waals surface area contributed by atoms with Crippen molar-refractivity contribution in [2.75, 3.05) is 6.61 Å². The Balaban J connectivity index is 1.47. The Morgan fingerprint density at radius 3 is 2.96 bits per heavy atom. The highest BCUT2D eigenvalue weighted by Crippen LogP contribution is 2.19. The number of aromatic nitrogens is 4. The Kier molecular flexibility index (Phi) is 4.90. The molecule has 0 bridgehead atoms.